The molecule has 25 heavy (non-hydrogen) atoms. The Morgan fingerprint density at radius 3 is 2.12 bits per heavy atom. The van der Waals surface area contributed by atoms with Crippen LogP contribution in [0.15, 0.2) is 57.9 Å². The standard InChI is InChI=1S/C15H13BrCl2N2O4S/c1-10-2-8-13(9-3-10)25(23,24)19-14(15(17,18)20(21)22)11-4-6-12(16)7-5-11/h2-9,14,19H,1H3/t14-/m0/s1. The summed E-state index contributed by atoms with van der Waals surface area (Å²) in [6.45, 7) is 1.81. The molecule has 0 aliphatic rings. The van der Waals surface area contributed by atoms with Gasteiger partial charge in [0, 0.05) is 4.47 Å². The first-order valence-corrected chi connectivity index (χ1v) is 9.94. The van der Waals surface area contributed by atoms with Crippen LogP contribution in [0.1, 0.15) is 17.2 Å². The molecule has 0 amide bonds. The second-order valence-corrected chi connectivity index (χ2v) is 9.24. The number of halogens is 3. The van der Waals surface area contributed by atoms with Crippen molar-refractivity contribution in [3.05, 3.63) is 74.2 Å². The molecule has 0 saturated carbocycles. The second-order valence-electron chi connectivity index (χ2n) is 5.26. The minimum absolute atomic E-state index is 0.0484. The first-order chi connectivity index (χ1) is 11.5. The topological polar surface area (TPSA) is 89.3 Å². The normalized spacial score (nSPS) is 13.4. The minimum atomic E-state index is -4.09. The summed E-state index contributed by atoms with van der Waals surface area (Å²) in [7, 11) is -4.09. The number of sulfonamides is 1. The van der Waals surface area contributed by atoms with E-state index >= 15 is 0 Å². The van der Waals surface area contributed by atoms with E-state index in [0.29, 0.717) is 4.47 Å². The minimum Gasteiger partial charge on any atom is -0.261 e. The van der Waals surface area contributed by atoms with Crippen molar-refractivity contribution in [3.8, 4) is 0 Å². The van der Waals surface area contributed by atoms with Crippen LogP contribution in [0, 0.1) is 17.0 Å². The van der Waals surface area contributed by atoms with Crippen molar-refractivity contribution in [2.24, 2.45) is 0 Å². The average molecular weight is 468 g/mol. The molecular weight excluding hydrogens is 455 g/mol. The molecule has 0 aliphatic carbocycles. The lowest BCUT2D eigenvalue weighted by Crippen LogP contribution is -2.43. The van der Waals surface area contributed by atoms with E-state index in [9.17, 15) is 18.5 Å². The van der Waals surface area contributed by atoms with Crippen molar-refractivity contribution in [1.82, 2.24) is 4.72 Å². The quantitative estimate of drug-likeness (QED) is 0.298. The van der Waals surface area contributed by atoms with E-state index in [1.54, 1.807) is 24.3 Å². The van der Waals surface area contributed by atoms with E-state index in [1.807, 2.05) is 6.92 Å². The number of hydrogen-bond donors (Lipinski definition) is 1. The fraction of sp³-hybridized carbons (Fsp3) is 0.200. The van der Waals surface area contributed by atoms with E-state index in [2.05, 4.69) is 20.7 Å². The van der Waals surface area contributed by atoms with Gasteiger partial charge >= 0.3 is 4.46 Å². The molecule has 0 aromatic heterocycles. The van der Waals surface area contributed by atoms with E-state index in [4.69, 9.17) is 23.2 Å². The van der Waals surface area contributed by atoms with E-state index < -0.39 is 25.4 Å². The number of aryl methyl sites for hydroxylation is 1. The van der Waals surface area contributed by atoms with Gasteiger partial charge in [0.2, 0.25) is 10.0 Å². The summed E-state index contributed by atoms with van der Waals surface area (Å²) in [5.41, 5.74) is 1.12. The van der Waals surface area contributed by atoms with Gasteiger partial charge in [-0.15, -0.1) is 0 Å². The summed E-state index contributed by atoms with van der Waals surface area (Å²) >= 11 is 15.0. The van der Waals surface area contributed by atoms with Gasteiger partial charge in [0.1, 0.15) is 6.04 Å². The molecule has 2 aromatic rings. The fourth-order valence-corrected chi connectivity index (χ4v) is 4.04. The fourth-order valence-electron chi connectivity index (χ4n) is 2.04. The Labute approximate surface area is 163 Å². The maximum atomic E-state index is 12.6. The highest BCUT2D eigenvalue weighted by Crippen LogP contribution is 2.38. The Morgan fingerprint density at radius 1 is 1.12 bits per heavy atom. The zero-order chi connectivity index (χ0) is 18.8. The number of benzene rings is 2. The van der Waals surface area contributed by atoms with E-state index in [-0.39, 0.29) is 10.5 Å². The van der Waals surface area contributed by atoms with Crippen LogP contribution in [0.3, 0.4) is 0 Å². The van der Waals surface area contributed by atoms with Crippen molar-refractivity contribution in [2.45, 2.75) is 22.3 Å². The SMILES string of the molecule is Cc1ccc(S(=O)(=O)N[C@@H](c2ccc(Br)cc2)C(Cl)(Cl)[N+](=O)[O-])cc1. The maximum absolute atomic E-state index is 12.6. The largest absolute Gasteiger partial charge is 0.390 e. The number of rotatable bonds is 6. The highest BCUT2D eigenvalue weighted by atomic mass is 79.9. The molecule has 0 radical (unpaired) electrons. The molecule has 0 aliphatic heterocycles. The Morgan fingerprint density at radius 2 is 1.64 bits per heavy atom. The Bertz CT molecular complexity index is 871. The third-order valence-corrected chi connectivity index (χ3v) is 6.08. The number of nitrogens with zero attached hydrogens (tertiary/aromatic N) is 1. The van der Waals surface area contributed by atoms with E-state index in [1.165, 1.54) is 24.3 Å². The van der Waals surface area contributed by atoms with Crippen LogP contribution in [-0.2, 0) is 10.0 Å². The molecule has 2 aromatic carbocycles. The third-order valence-electron chi connectivity index (χ3n) is 3.40. The highest BCUT2D eigenvalue weighted by Gasteiger charge is 2.50. The van der Waals surface area contributed by atoms with Gasteiger partial charge in [-0.05, 0) is 60.0 Å². The van der Waals surface area contributed by atoms with E-state index in [0.717, 1.165) is 5.56 Å². The number of alkyl halides is 2. The van der Waals surface area contributed by atoms with Gasteiger partial charge in [-0.1, -0.05) is 45.8 Å². The predicted octanol–water partition coefficient (Wildman–Crippen LogP) is 4.19. The molecular formula is C15H13BrCl2N2O4S. The van der Waals surface area contributed by atoms with Gasteiger partial charge in [0.05, 0.1) is 9.82 Å². The Hall–Kier alpha value is -1.19. The summed E-state index contributed by atoms with van der Waals surface area (Å²) < 4.78 is 25.6. The molecule has 0 fully saturated rings. The lowest BCUT2D eigenvalue weighted by molar-refractivity contribution is -0.520. The van der Waals surface area contributed by atoms with Crippen LogP contribution < -0.4 is 4.72 Å². The summed E-state index contributed by atoms with van der Waals surface area (Å²) in [6, 6.07) is 10.7. The summed E-state index contributed by atoms with van der Waals surface area (Å²) in [5, 5.41) is 11.3. The van der Waals surface area contributed by atoms with Gasteiger partial charge < -0.3 is 0 Å². The molecule has 0 bridgehead atoms. The average Bonchev–Trinajstić information content (AvgIpc) is 2.54. The van der Waals surface area contributed by atoms with Gasteiger partial charge in [0.25, 0.3) is 0 Å². The van der Waals surface area contributed by atoms with Crippen LogP contribution in [0.2, 0.25) is 0 Å². The van der Waals surface area contributed by atoms with Crippen LogP contribution in [0.5, 0.6) is 0 Å². The first kappa shape index (κ1) is 20.1. The van der Waals surface area contributed by atoms with Crippen molar-refractivity contribution in [3.63, 3.8) is 0 Å². The molecule has 0 heterocycles. The highest BCUT2D eigenvalue weighted by molar-refractivity contribution is 9.10. The third kappa shape index (κ3) is 4.71. The van der Waals surface area contributed by atoms with Gasteiger partial charge in [0.15, 0.2) is 0 Å². The Kier molecular flexibility index (Phi) is 6.11. The maximum Gasteiger partial charge on any atom is 0.390 e. The first-order valence-electron chi connectivity index (χ1n) is 6.91. The van der Waals surface area contributed by atoms with Crippen LogP contribution in [-0.4, -0.2) is 17.8 Å². The molecule has 0 unspecified atom stereocenters. The molecule has 0 spiro atoms. The van der Waals surface area contributed by atoms with Gasteiger partial charge in [-0.25, -0.2) is 8.42 Å². The van der Waals surface area contributed by atoms with Gasteiger partial charge in [-0.3, -0.25) is 10.1 Å². The summed E-state index contributed by atoms with van der Waals surface area (Å²) in [4.78, 5) is 10.3. The zero-order valence-electron chi connectivity index (χ0n) is 12.8. The van der Waals surface area contributed by atoms with Crippen LogP contribution in [0.4, 0.5) is 0 Å². The predicted molar refractivity (Wildman–Crippen MR) is 99.8 cm³/mol. The van der Waals surface area contributed by atoms with Crippen LogP contribution >= 0.6 is 39.1 Å². The lowest BCUT2D eigenvalue weighted by atomic mass is 10.1. The summed E-state index contributed by atoms with van der Waals surface area (Å²) in [5.74, 6) is 0. The number of hydrogen-bond acceptors (Lipinski definition) is 4. The molecule has 6 nitrogen and oxygen atoms in total. The molecule has 0 saturated heterocycles. The number of nitrogens with one attached hydrogen (secondary N) is 1. The monoisotopic (exact) mass is 466 g/mol. The molecule has 2 rings (SSSR count). The smallest absolute Gasteiger partial charge is 0.261 e. The molecule has 1 N–H and O–H groups in total. The summed E-state index contributed by atoms with van der Waals surface area (Å²) in [6.07, 6.45) is 0. The lowest BCUT2D eigenvalue weighted by Gasteiger charge is -2.24. The molecule has 10 heteroatoms. The number of nitro groups is 1. The van der Waals surface area contributed by atoms with Crippen molar-refractivity contribution >= 4 is 49.2 Å². The van der Waals surface area contributed by atoms with Crippen molar-refractivity contribution in [2.75, 3.05) is 0 Å². The second kappa shape index (κ2) is 7.59. The zero-order valence-corrected chi connectivity index (χ0v) is 16.7. The molecule has 134 valence electrons. The van der Waals surface area contributed by atoms with Crippen LogP contribution in [0.25, 0.3) is 0 Å². The van der Waals surface area contributed by atoms with Gasteiger partial charge in [-0.2, -0.15) is 4.72 Å². The molecule has 1 atom stereocenters. The van der Waals surface area contributed by atoms with Crippen molar-refractivity contribution in [1.29, 1.82) is 0 Å². The van der Waals surface area contributed by atoms with Crippen molar-refractivity contribution < 1.29 is 13.3 Å². The Balaban J connectivity index is 2.47.